The number of amides is 1. The van der Waals surface area contributed by atoms with Crippen molar-refractivity contribution in [3.63, 3.8) is 0 Å². The maximum absolute atomic E-state index is 13.4. The molecule has 1 aliphatic heterocycles. The molecule has 158 valence electrons. The molecule has 0 saturated carbocycles. The predicted molar refractivity (Wildman–Crippen MR) is 121 cm³/mol. The van der Waals surface area contributed by atoms with Gasteiger partial charge in [-0.15, -0.1) is 10.2 Å². The maximum Gasteiger partial charge on any atom is 0.275 e. The molecule has 8 nitrogen and oxygen atoms in total. The topological polar surface area (TPSA) is 88.0 Å². The lowest BCUT2D eigenvalue weighted by molar-refractivity contribution is 0.0740. The highest BCUT2D eigenvalue weighted by Gasteiger charge is 2.27. The van der Waals surface area contributed by atoms with E-state index in [1.54, 1.807) is 30.9 Å². The van der Waals surface area contributed by atoms with E-state index >= 15 is 0 Å². The molecule has 4 heterocycles. The smallest absolute Gasteiger partial charge is 0.275 e. The Balaban J connectivity index is 1.43. The van der Waals surface area contributed by atoms with Gasteiger partial charge in [0.25, 0.3) is 5.91 Å². The van der Waals surface area contributed by atoms with E-state index in [4.69, 9.17) is 0 Å². The summed E-state index contributed by atoms with van der Waals surface area (Å²) in [6.45, 7) is 2.44. The third-order valence-corrected chi connectivity index (χ3v) is 5.44. The van der Waals surface area contributed by atoms with Crippen molar-refractivity contribution in [3.05, 3.63) is 85.1 Å². The van der Waals surface area contributed by atoms with Gasteiger partial charge in [0, 0.05) is 67.7 Å². The molecular formula is C24H21N7O. The number of piperazine rings is 1. The second-order valence-electron chi connectivity index (χ2n) is 7.43. The van der Waals surface area contributed by atoms with Crippen LogP contribution in [0.2, 0.25) is 0 Å². The van der Waals surface area contributed by atoms with Crippen molar-refractivity contribution in [2.24, 2.45) is 0 Å². The van der Waals surface area contributed by atoms with Crippen molar-refractivity contribution in [2.45, 2.75) is 0 Å². The van der Waals surface area contributed by atoms with Gasteiger partial charge in [0.15, 0.2) is 5.69 Å². The summed E-state index contributed by atoms with van der Waals surface area (Å²) in [6.07, 6.45) is 6.91. The van der Waals surface area contributed by atoms with Gasteiger partial charge in [0.05, 0.1) is 5.69 Å². The minimum Gasteiger partial charge on any atom is -0.337 e. The van der Waals surface area contributed by atoms with Crippen LogP contribution in [0.5, 0.6) is 0 Å². The largest absolute Gasteiger partial charge is 0.337 e. The molecule has 1 aromatic carbocycles. The zero-order valence-electron chi connectivity index (χ0n) is 17.4. The van der Waals surface area contributed by atoms with Crippen LogP contribution in [0.15, 0.2) is 79.4 Å². The van der Waals surface area contributed by atoms with E-state index in [-0.39, 0.29) is 5.91 Å². The van der Waals surface area contributed by atoms with E-state index < -0.39 is 0 Å². The molecule has 0 spiro atoms. The quantitative estimate of drug-likeness (QED) is 0.499. The molecule has 1 fully saturated rings. The fourth-order valence-electron chi connectivity index (χ4n) is 3.76. The van der Waals surface area contributed by atoms with Gasteiger partial charge in [-0.3, -0.25) is 9.78 Å². The third kappa shape index (κ3) is 4.02. The van der Waals surface area contributed by atoms with Crippen LogP contribution in [0, 0.1) is 0 Å². The first-order chi connectivity index (χ1) is 15.8. The highest BCUT2D eigenvalue weighted by Crippen LogP contribution is 2.27. The van der Waals surface area contributed by atoms with E-state index in [0.717, 1.165) is 16.7 Å². The Morgan fingerprint density at radius 2 is 1.53 bits per heavy atom. The van der Waals surface area contributed by atoms with Crippen LogP contribution in [-0.2, 0) is 0 Å². The Labute approximate surface area is 185 Å². The van der Waals surface area contributed by atoms with Crippen LogP contribution in [0.4, 0.5) is 5.95 Å². The molecule has 3 aromatic heterocycles. The standard InChI is InChI=1S/C24H21N7O/c32-23(30-12-14-31(15-13-30)24-26-10-5-11-27-24)22-20(19-8-4-9-25-17-19)16-21(28-29-22)18-6-2-1-3-7-18/h1-11,16-17H,12-15H2. The molecule has 0 bridgehead atoms. The number of nitrogens with zero attached hydrogens (tertiary/aromatic N) is 7. The van der Waals surface area contributed by atoms with Gasteiger partial charge in [-0.25, -0.2) is 9.97 Å². The summed E-state index contributed by atoms with van der Waals surface area (Å²) >= 11 is 0. The van der Waals surface area contributed by atoms with Crippen molar-refractivity contribution >= 4 is 11.9 Å². The molecule has 1 saturated heterocycles. The second-order valence-corrected chi connectivity index (χ2v) is 7.43. The van der Waals surface area contributed by atoms with Gasteiger partial charge in [-0.05, 0) is 18.2 Å². The van der Waals surface area contributed by atoms with Gasteiger partial charge < -0.3 is 9.80 Å². The number of carbonyl (C=O) groups is 1. The van der Waals surface area contributed by atoms with Crippen molar-refractivity contribution in [1.29, 1.82) is 0 Å². The Hall–Kier alpha value is -4.20. The Morgan fingerprint density at radius 3 is 2.25 bits per heavy atom. The molecule has 0 radical (unpaired) electrons. The van der Waals surface area contributed by atoms with Crippen LogP contribution in [0.1, 0.15) is 10.5 Å². The summed E-state index contributed by atoms with van der Waals surface area (Å²) in [5.74, 6) is 0.548. The van der Waals surface area contributed by atoms with Gasteiger partial charge in [0.1, 0.15) is 0 Å². The number of hydrogen-bond donors (Lipinski definition) is 0. The summed E-state index contributed by atoms with van der Waals surface area (Å²) in [4.78, 5) is 30.2. The molecule has 4 aromatic rings. The van der Waals surface area contributed by atoms with Crippen LogP contribution in [0.25, 0.3) is 22.4 Å². The van der Waals surface area contributed by atoms with Crippen LogP contribution in [-0.4, -0.2) is 62.1 Å². The molecule has 8 heteroatoms. The first kappa shape index (κ1) is 19.7. The van der Waals surface area contributed by atoms with E-state index in [1.165, 1.54) is 0 Å². The zero-order valence-corrected chi connectivity index (χ0v) is 17.4. The lowest BCUT2D eigenvalue weighted by Crippen LogP contribution is -2.49. The molecule has 0 unspecified atom stereocenters. The maximum atomic E-state index is 13.4. The Kier molecular flexibility index (Phi) is 5.48. The Morgan fingerprint density at radius 1 is 0.781 bits per heavy atom. The van der Waals surface area contributed by atoms with Crippen molar-refractivity contribution in [2.75, 3.05) is 31.1 Å². The second kappa shape index (κ2) is 8.89. The summed E-state index contributed by atoms with van der Waals surface area (Å²) in [7, 11) is 0. The normalized spacial score (nSPS) is 13.8. The molecular weight excluding hydrogens is 402 g/mol. The highest BCUT2D eigenvalue weighted by atomic mass is 16.2. The fraction of sp³-hybridized carbons (Fsp3) is 0.167. The fourth-order valence-corrected chi connectivity index (χ4v) is 3.76. The van der Waals surface area contributed by atoms with E-state index in [1.807, 2.05) is 53.4 Å². The number of benzene rings is 1. The first-order valence-corrected chi connectivity index (χ1v) is 10.4. The van der Waals surface area contributed by atoms with E-state index in [0.29, 0.717) is 43.5 Å². The zero-order chi connectivity index (χ0) is 21.8. The molecule has 32 heavy (non-hydrogen) atoms. The van der Waals surface area contributed by atoms with Crippen LogP contribution >= 0.6 is 0 Å². The average molecular weight is 423 g/mol. The van der Waals surface area contributed by atoms with Gasteiger partial charge >= 0.3 is 0 Å². The summed E-state index contributed by atoms with van der Waals surface area (Å²) in [6, 6.07) is 17.3. The summed E-state index contributed by atoms with van der Waals surface area (Å²) in [5, 5.41) is 8.74. The van der Waals surface area contributed by atoms with Crippen molar-refractivity contribution in [3.8, 4) is 22.4 Å². The minimum atomic E-state index is -0.135. The lowest BCUT2D eigenvalue weighted by atomic mass is 10.0. The minimum absolute atomic E-state index is 0.135. The van der Waals surface area contributed by atoms with Gasteiger partial charge in [0.2, 0.25) is 5.95 Å². The number of hydrogen-bond acceptors (Lipinski definition) is 7. The third-order valence-electron chi connectivity index (χ3n) is 5.44. The van der Waals surface area contributed by atoms with Gasteiger partial charge in [-0.1, -0.05) is 36.4 Å². The predicted octanol–water partition coefficient (Wildman–Crippen LogP) is 2.96. The molecule has 0 atom stereocenters. The monoisotopic (exact) mass is 423 g/mol. The van der Waals surface area contributed by atoms with E-state index in [9.17, 15) is 4.79 Å². The van der Waals surface area contributed by atoms with Gasteiger partial charge in [-0.2, -0.15) is 0 Å². The summed E-state index contributed by atoms with van der Waals surface area (Å²) in [5.41, 5.74) is 3.56. The SMILES string of the molecule is O=C(c1nnc(-c2ccccc2)cc1-c1cccnc1)N1CCN(c2ncccn2)CC1. The Bertz CT molecular complexity index is 1190. The van der Waals surface area contributed by atoms with Crippen LogP contribution < -0.4 is 4.90 Å². The summed E-state index contributed by atoms with van der Waals surface area (Å²) < 4.78 is 0. The first-order valence-electron chi connectivity index (χ1n) is 10.4. The number of pyridine rings is 1. The molecule has 1 amide bonds. The average Bonchev–Trinajstić information content (AvgIpc) is 2.89. The van der Waals surface area contributed by atoms with E-state index in [2.05, 4.69) is 30.0 Å². The van der Waals surface area contributed by atoms with Crippen LogP contribution in [0.3, 0.4) is 0 Å². The molecule has 0 aliphatic carbocycles. The highest BCUT2D eigenvalue weighted by molar-refractivity contribution is 5.99. The number of rotatable bonds is 4. The molecule has 0 N–H and O–H groups in total. The number of aromatic nitrogens is 5. The molecule has 5 rings (SSSR count). The van der Waals surface area contributed by atoms with Crippen molar-refractivity contribution in [1.82, 2.24) is 30.0 Å². The lowest BCUT2D eigenvalue weighted by Gasteiger charge is -2.34. The molecule has 1 aliphatic rings. The number of anilines is 1. The van der Waals surface area contributed by atoms with Crippen molar-refractivity contribution < 1.29 is 4.79 Å². The number of carbonyl (C=O) groups excluding carboxylic acids is 1.